The zero-order valence-corrected chi connectivity index (χ0v) is 8.37. The van der Waals surface area contributed by atoms with Gasteiger partial charge in [-0.1, -0.05) is 22.0 Å². The Kier molecular flexibility index (Phi) is 3.26. The lowest BCUT2D eigenvalue weighted by atomic mass is 10.0. The van der Waals surface area contributed by atoms with Crippen LogP contribution in [0.25, 0.3) is 0 Å². The minimum atomic E-state index is -0.766. The Balaban J connectivity index is 3.01. The highest BCUT2D eigenvalue weighted by atomic mass is 79.9. The fraction of sp³-hybridized carbons (Fsp3) is 0.333. The number of aliphatic hydroxyl groups is 2. The molecule has 66 valence electrons. The Labute approximate surface area is 80.0 Å². The van der Waals surface area contributed by atoms with Crippen molar-refractivity contribution in [2.45, 2.75) is 13.0 Å². The summed E-state index contributed by atoms with van der Waals surface area (Å²) in [7, 11) is 0. The Hall–Kier alpha value is -0.380. The van der Waals surface area contributed by atoms with Gasteiger partial charge >= 0.3 is 0 Å². The minimum Gasteiger partial charge on any atom is -0.393 e. The van der Waals surface area contributed by atoms with Crippen molar-refractivity contribution in [2.75, 3.05) is 6.61 Å². The van der Waals surface area contributed by atoms with Gasteiger partial charge in [-0.2, -0.15) is 0 Å². The molecule has 0 aromatic heterocycles. The van der Waals surface area contributed by atoms with Gasteiger partial charge in [0, 0.05) is 4.47 Å². The van der Waals surface area contributed by atoms with Crippen molar-refractivity contribution in [3.63, 3.8) is 0 Å². The van der Waals surface area contributed by atoms with E-state index in [1.165, 1.54) is 0 Å². The maximum atomic E-state index is 9.34. The van der Waals surface area contributed by atoms with E-state index >= 15 is 0 Å². The summed E-state index contributed by atoms with van der Waals surface area (Å²) in [6, 6.07) is 5.57. The Morgan fingerprint density at radius 3 is 2.67 bits per heavy atom. The van der Waals surface area contributed by atoms with Crippen LogP contribution in [0.3, 0.4) is 0 Å². The molecule has 0 aliphatic rings. The standard InChI is InChI=1S/C9H11BrO2/c1-6-4-7(10)2-3-8(6)9(12)5-11/h2-4,9,11-12H,5H2,1H3. The van der Waals surface area contributed by atoms with Crippen LogP contribution in [0.4, 0.5) is 0 Å². The highest BCUT2D eigenvalue weighted by Gasteiger charge is 2.08. The third kappa shape index (κ3) is 2.06. The lowest BCUT2D eigenvalue weighted by molar-refractivity contribution is 0.0951. The van der Waals surface area contributed by atoms with E-state index in [1.54, 1.807) is 6.07 Å². The maximum Gasteiger partial charge on any atom is 0.102 e. The molecular formula is C9H11BrO2. The van der Waals surface area contributed by atoms with Crippen LogP contribution in [0.2, 0.25) is 0 Å². The van der Waals surface area contributed by atoms with Gasteiger partial charge in [0.05, 0.1) is 6.61 Å². The van der Waals surface area contributed by atoms with Crippen LogP contribution in [-0.4, -0.2) is 16.8 Å². The molecule has 1 aromatic rings. The number of aryl methyl sites for hydroxylation is 1. The molecule has 0 radical (unpaired) electrons. The Morgan fingerprint density at radius 2 is 2.17 bits per heavy atom. The molecule has 1 aromatic carbocycles. The number of benzene rings is 1. The van der Waals surface area contributed by atoms with Gasteiger partial charge in [-0.15, -0.1) is 0 Å². The molecule has 0 heterocycles. The summed E-state index contributed by atoms with van der Waals surface area (Å²) in [5.41, 5.74) is 1.76. The molecule has 0 saturated heterocycles. The van der Waals surface area contributed by atoms with Crippen LogP contribution in [0.5, 0.6) is 0 Å². The second-order valence-corrected chi connectivity index (χ2v) is 3.61. The van der Waals surface area contributed by atoms with E-state index in [9.17, 15) is 5.11 Å². The van der Waals surface area contributed by atoms with Crippen LogP contribution < -0.4 is 0 Å². The van der Waals surface area contributed by atoms with Crippen molar-refractivity contribution >= 4 is 15.9 Å². The minimum absolute atomic E-state index is 0.234. The van der Waals surface area contributed by atoms with Gasteiger partial charge in [-0.05, 0) is 30.2 Å². The van der Waals surface area contributed by atoms with E-state index in [0.29, 0.717) is 0 Å². The van der Waals surface area contributed by atoms with Crippen LogP contribution in [-0.2, 0) is 0 Å². The Morgan fingerprint density at radius 1 is 1.50 bits per heavy atom. The molecular weight excluding hydrogens is 220 g/mol. The van der Waals surface area contributed by atoms with Crippen molar-refractivity contribution in [3.05, 3.63) is 33.8 Å². The Bertz CT molecular complexity index is 273. The van der Waals surface area contributed by atoms with Crippen molar-refractivity contribution in [1.82, 2.24) is 0 Å². The fourth-order valence-corrected chi connectivity index (χ4v) is 1.59. The van der Waals surface area contributed by atoms with Crippen molar-refractivity contribution in [3.8, 4) is 0 Å². The van der Waals surface area contributed by atoms with Gasteiger partial charge < -0.3 is 10.2 Å². The molecule has 0 spiro atoms. The predicted molar refractivity (Wildman–Crippen MR) is 50.9 cm³/mol. The molecule has 2 N–H and O–H groups in total. The van der Waals surface area contributed by atoms with Crippen molar-refractivity contribution in [1.29, 1.82) is 0 Å². The molecule has 0 saturated carbocycles. The zero-order valence-electron chi connectivity index (χ0n) is 6.79. The first-order chi connectivity index (χ1) is 5.65. The van der Waals surface area contributed by atoms with Crippen LogP contribution in [0, 0.1) is 6.92 Å². The number of aliphatic hydroxyl groups excluding tert-OH is 2. The first-order valence-electron chi connectivity index (χ1n) is 3.70. The number of hydrogen-bond acceptors (Lipinski definition) is 2. The number of halogens is 1. The van der Waals surface area contributed by atoms with Crippen LogP contribution in [0.15, 0.2) is 22.7 Å². The van der Waals surface area contributed by atoms with E-state index < -0.39 is 6.10 Å². The average molecular weight is 231 g/mol. The van der Waals surface area contributed by atoms with Crippen molar-refractivity contribution in [2.24, 2.45) is 0 Å². The predicted octanol–water partition coefficient (Wildman–Crippen LogP) is 1.78. The summed E-state index contributed by atoms with van der Waals surface area (Å²) < 4.78 is 0.980. The molecule has 1 atom stereocenters. The smallest absolute Gasteiger partial charge is 0.102 e. The van der Waals surface area contributed by atoms with E-state index in [1.807, 2.05) is 19.1 Å². The SMILES string of the molecule is Cc1cc(Br)ccc1C(O)CO. The molecule has 2 nitrogen and oxygen atoms in total. The van der Waals surface area contributed by atoms with Crippen LogP contribution >= 0.6 is 15.9 Å². The normalized spacial score (nSPS) is 13.0. The fourth-order valence-electron chi connectivity index (χ4n) is 1.11. The second kappa shape index (κ2) is 4.03. The molecule has 1 unspecified atom stereocenters. The van der Waals surface area contributed by atoms with Gasteiger partial charge in [0.1, 0.15) is 6.10 Å². The summed E-state index contributed by atoms with van der Waals surface area (Å²) in [5.74, 6) is 0. The van der Waals surface area contributed by atoms with Gasteiger partial charge in [-0.25, -0.2) is 0 Å². The van der Waals surface area contributed by atoms with Gasteiger partial charge in [-0.3, -0.25) is 0 Å². The quantitative estimate of drug-likeness (QED) is 0.814. The van der Waals surface area contributed by atoms with Gasteiger partial charge in [0.25, 0.3) is 0 Å². The molecule has 3 heteroatoms. The number of rotatable bonds is 2. The van der Waals surface area contributed by atoms with Crippen molar-refractivity contribution < 1.29 is 10.2 Å². The lowest BCUT2D eigenvalue weighted by Crippen LogP contribution is -2.04. The molecule has 1 rings (SSSR count). The number of hydrogen-bond donors (Lipinski definition) is 2. The van der Waals surface area contributed by atoms with E-state index in [4.69, 9.17) is 5.11 Å². The molecule has 0 amide bonds. The van der Waals surface area contributed by atoms with Gasteiger partial charge in [0.15, 0.2) is 0 Å². The molecule has 0 bridgehead atoms. The third-order valence-corrected chi connectivity index (χ3v) is 2.26. The largest absolute Gasteiger partial charge is 0.393 e. The highest BCUT2D eigenvalue weighted by molar-refractivity contribution is 9.10. The second-order valence-electron chi connectivity index (χ2n) is 2.70. The average Bonchev–Trinajstić information content (AvgIpc) is 2.03. The summed E-state index contributed by atoms with van der Waals surface area (Å²) in [4.78, 5) is 0. The molecule has 0 aliphatic carbocycles. The van der Waals surface area contributed by atoms with E-state index in [0.717, 1.165) is 15.6 Å². The monoisotopic (exact) mass is 230 g/mol. The summed E-state index contributed by atoms with van der Waals surface area (Å²) >= 11 is 3.32. The third-order valence-electron chi connectivity index (χ3n) is 1.76. The highest BCUT2D eigenvalue weighted by Crippen LogP contribution is 2.20. The summed E-state index contributed by atoms with van der Waals surface area (Å²) in [5, 5.41) is 18.1. The van der Waals surface area contributed by atoms with E-state index in [-0.39, 0.29) is 6.61 Å². The maximum absolute atomic E-state index is 9.34. The topological polar surface area (TPSA) is 40.5 Å². The zero-order chi connectivity index (χ0) is 9.14. The first-order valence-corrected chi connectivity index (χ1v) is 4.49. The van der Waals surface area contributed by atoms with E-state index in [2.05, 4.69) is 15.9 Å². The van der Waals surface area contributed by atoms with Crippen LogP contribution in [0.1, 0.15) is 17.2 Å². The first kappa shape index (κ1) is 9.71. The summed E-state index contributed by atoms with van der Waals surface area (Å²) in [6.45, 7) is 1.67. The molecule has 0 aliphatic heterocycles. The molecule has 0 fully saturated rings. The van der Waals surface area contributed by atoms with Gasteiger partial charge in [0.2, 0.25) is 0 Å². The molecule has 12 heavy (non-hydrogen) atoms. The summed E-state index contributed by atoms with van der Waals surface area (Å²) in [6.07, 6.45) is -0.766. The lowest BCUT2D eigenvalue weighted by Gasteiger charge is -2.10.